The van der Waals surface area contributed by atoms with Gasteiger partial charge >= 0.3 is 7.12 Å². The van der Waals surface area contributed by atoms with E-state index in [1.54, 1.807) is 6.07 Å². The van der Waals surface area contributed by atoms with Gasteiger partial charge in [0.15, 0.2) is 0 Å². The van der Waals surface area contributed by atoms with Gasteiger partial charge in [-0.2, -0.15) is 0 Å². The number of benzene rings is 1. The average molecular weight is 174 g/mol. The number of fused-ring (bicyclic) bond motifs is 1. The SMILES string of the molecule is OB(O)c1cccc2c1C=CCC2. The van der Waals surface area contributed by atoms with E-state index in [2.05, 4.69) is 6.08 Å². The molecule has 66 valence electrons. The Hall–Kier alpha value is -1.06. The summed E-state index contributed by atoms with van der Waals surface area (Å²) < 4.78 is 0. The molecule has 0 heterocycles. The van der Waals surface area contributed by atoms with Crippen molar-refractivity contribution in [3.8, 4) is 0 Å². The van der Waals surface area contributed by atoms with Crippen molar-refractivity contribution in [3.05, 3.63) is 35.4 Å². The minimum atomic E-state index is -1.36. The second-order valence-corrected chi connectivity index (χ2v) is 3.23. The molecule has 1 aromatic rings. The van der Waals surface area contributed by atoms with E-state index in [0.29, 0.717) is 5.46 Å². The summed E-state index contributed by atoms with van der Waals surface area (Å²) in [7, 11) is -1.36. The van der Waals surface area contributed by atoms with Crippen molar-refractivity contribution in [2.45, 2.75) is 12.8 Å². The maximum Gasteiger partial charge on any atom is 0.489 e. The molecule has 3 heteroatoms. The minimum absolute atomic E-state index is 0.605. The molecule has 0 aromatic heterocycles. The van der Waals surface area contributed by atoms with Crippen molar-refractivity contribution in [1.82, 2.24) is 0 Å². The normalized spacial score (nSPS) is 14.0. The van der Waals surface area contributed by atoms with E-state index in [4.69, 9.17) is 10.0 Å². The fraction of sp³-hybridized carbons (Fsp3) is 0.200. The molecule has 0 spiro atoms. The van der Waals surface area contributed by atoms with Crippen LogP contribution in [-0.2, 0) is 6.42 Å². The van der Waals surface area contributed by atoms with Gasteiger partial charge in [-0.1, -0.05) is 30.4 Å². The zero-order chi connectivity index (χ0) is 9.26. The maximum atomic E-state index is 9.10. The zero-order valence-corrected chi connectivity index (χ0v) is 7.27. The smallest absolute Gasteiger partial charge is 0.423 e. The van der Waals surface area contributed by atoms with Gasteiger partial charge in [0.2, 0.25) is 0 Å². The molecule has 0 unspecified atom stereocenters. The molecule has 2 N–H and O–H groups in total. The predicted molar refractivity (Wildman–Crippen MR) is 53.6 cm³/mol. The lowest BCUT2D eigenvalue weighted by Crippen LogP contribution is -2.33. The Balaban J connectivity index is 2.54. The molecule has 2 rings (SSSR count). The molecular weight excluding hydrogens is 163 g/mol. The van der Waals surface area contributed by atoms with Crippen molar-refractivity contribution in [2.75, 3.05) is 0 Å². The fourth-order valence-corrected chi connectivity index (χ4v) is 1.72. The van der Waals surface area contributed by atoms with Crippen LogP contribution in [0.4, 0.5) is 0 Å². The lowest BCUT2D eigenvalue weighted by Gasteiger charge is -2.13. The third-order valence-corrected chi connectivity index (χ3v) is 2.37. The first-order valence-corrected chi connectivity index (χ1v) is 4.43. The summed E-state index contributed by atoms with van der Waals surface area (Å²) in [4.78, 5) is 0. The summed E-state index contributed by atoms with van der Waals surface area (Å²) in [6, 6.07) is 5.65. The Morgan fingerprint density at radius 1 is 1.23 bits per heavy atom. The standard InChI is InChI=1S/C10H11BO2/c12-11(13)10-7-3-5-8-4-1-2-6-9(8)10/h2-3,5-7,12-13H,1,4H2. The molecule has 0 aliphatic heterocycles. The van der Waals surface area contributed by atoms with Gasteiger partial charge in [-0.25, -0.2) is 0 Å². The number of aryl methyl sites for hydroxylation is 1. The molecular formula is C10H11BO2. The average Bonchev–Trinajstić information content (AvgIpc) is 2.17. The molecule has 0 bridgehead atoms. The first kappa shape index (κ1) is 8.54. The van der Waals surface area contributed by atoms with Gasteiger partial charge in [-0.3, -0.25) is 0 Å². The van der Waals surface area contributed by atoms with Gasteiger partial charge in [0.25, 0.3) is 0 Å². The fourth-order valence-electron chi connectivity index (χ4n) is 1.72. The van der Waals surface area contributed by atoms with E-state index in [1.807, 2.05) is 18.2 Å². The third kappa shape index (κ3) is 1.53. The lowest BCUT2D eigenvalue weighted by atomic mass is 9.74. The number of hydrogen-bond acceptors (Lipinski definition) is 2. The van der Waals surface area contributed by atoms with Gasteiger partial charge in [0.05, 0.1) is 0 Å². The molecule has 13 heavy (non-hydrogen) atoms. The van der Waals surface area contributed by atoms with E-state index in [0.717, 1.165) is 18.4 Å². The topological polar surface area (TPSA) is 40.5 Å². The summed E-state index contributed by atoms with van der Waals surface area (Å²) in [5.74, 6) is 0. The Bertz CT molecular complexity index is 345. The molecule has 0 saturated heterocycles. The van der Waals surface area contributed by atoms with Crippen LogP contribution in [0, 0.1) is 0 Å². The van der Waals surface area contributed by atoms with Crippen LogP contribution in [0.2, 0.25) is 0 Å². The molecule has 0 amide bonds. The maximum absolute atomic E-state index is 9.10. The van der Waals surface area contributed by atoms with Crippen molar-refractivity contribution < 1.29 is 10.0 Å². The first-order chi connectivity index (χ1) is 6.29. The molecule has 0 atom stereocenters. The Kier molecular flexibility index (Phi) is 2.21. The van der Waals surface area contributed by atoms with Crippen molar-refractivity contribution >= 4 is 18.7 Å². The van der Waals surface area contributed by atoms with Crippen LogP contribution in [0.15, 0.2) is 24.3 Å². The van der Waals surface area contributed by atoms with Crippen LogP contribution in [-0.4, -0.2) is 17.2 Å². The largest absolute Gasteiger partial charge is 0.489 e. The van der Waals surface area contributed by atoms with Crippen molar-refractivity contribution in [2.24, 2.45) is 0 Å². The van der Waals surface area contributed by atoms with Crippen LogP contribution in [0.1, 0.15) is 17.5 Å². The molecule has 0 fully saturated rings. The summed E-state index contributed by atoms with van der Waals surface area (Å²) in [5.41, 5.74) is 2.78. The Morgan fingerprint density at radius 3 is 2.85 bits per heavy atom. The van der Waals surface area contributed by atoms with Gasteiger partial charge < -0.3 is 10.0 Å². The van der Waals surface area contributed by atoms with Gasteiger partial charge in [0.1, 0.15) is 0 Å². The van der Waals surface area contributed by atoms with Gasteiger partial charge in [-0.05, 0) is 29.4 Å². The van der Waals surface area contributed by atoms with Crippen molar-refractivity contribution in [1.29, 1.82) is 0 Å². The van der Waals surface area contributed by atoms with E-state index >= 15 is 0 Å². The predicted octanol–water partition coefficient (Wildman–Crippen LogP) is 0.326. The van der Waals surface area contributed by atoms with E-state index in [9.17, 15) is 0 Å². The van der Waals surface area contributed by atoms with Crippen molar-refractivity contribution in [3.63, 3.8) is 0 Å². The molecule has 0 radical (unpaired) electrons. The minimum Gasteiger partial charge on any atom is -0.423 e. The molecule has 1 aromatic carbocycles. The monoisotopic (exact) mass is 174 g/mol. The third-order valence-electron chi connectivity index (χ3n) is 2.37. The second kappa shape index (κ2) is 3.36. The zero-order valence-electron chi connectivity index (χ0n) is 7.27. The number of allylic oxidation sites excluding steroid dienone is 1. The van der Waals surface area contributed by atoms with Crippen LogP contribution in [0.3, 0.4) is 0 Å². The number of hydrogen-bond donors (Lipinski definition) is 2. The van der Waals surface area contributed by atoms with E-state index < -0.39 is 7.12 Å². The molecule has 1 aliphatic rings. The highest BCUT2D eigenvalue weighted by Gasteiger charge is 2.17. The second-order valence-electron chi connectivity index (χ2n) is 3.23. The first-order valence-electron chi connectivity index (χ1n) is 4.43. The quantitative estimate of drug-likeness (QED) is 0.602. The summed E-state index contributed by atoms with van der Waals surface area (Å²) in [6.07, 6.45) is 6.06. The highest BCUT2D eigenvalue weighted by Crippen LogP contribution is 2.16. The van der Waals surface area contributed by atoms with Crippen LogP contribution >= 0.6 is 0 Å². The summed E-state index contributed by atoms with van der Waals surface area (Å²) >= 11 is 0. The summed E-state index contributed by atoms with van der Waals surface area (Å²) in [5, 5.41) is 18.2. The molecule has 2 nitrogen and oxygen atoms in total. The van der Waals surface area contributed by atoms with Crippen LogP contribution in [0.25, 0.3) is 6.08 Å². The molecule has 1 aliphatic carbocycles. The Labute approximate surface area is 77.7 Å². The molecule has 0 saturated carbocycles. The number of rotatable bonds is 1. The highest BCUT2D eigenvalue weighted by atomic mass is 16.4. The van der Waals surface area contributed by atoms with E-state index in [-0.39, 0.29) is 0 Å². The van der Waals surface area contributed by atoms with Gasteiger partial charge in [0, 0.05) is 0 Å². The van der Waals surface area contributed by atoms with Gasteiger partial charge in [-0.15, -0.1) is 0 Å². The highest BCUT2D eigenvalue weighted by molar-refractivity contribution is 6.59. The van der Waals surface area contributed by atoms with E-state index in [1.165, 1.54) is 5.56 Å². The Morgan fingerprint density at radius 2 is 2.08 bits per heavy atom. The summed E-state index contributed by atoms with van der Waals surface area (Å²) in [6.45, 7) is 0. The lowest BCUT2D eigenvalue weighted by molar-refractivity contribution is 0.425. The van der Waals surface area contributed by atoms with Crippen LogP contribution in [0.5, 0.6) is 0 Å². The van der Waals surface area contributed by atoms with Crippen LogP contribution < -0.4 is 5.46 Å².